The highest BCUT2D eigenvalue weighted by Gasteiger charge is 1.89. The van der Waals surface area contributed by atoms with Crippen LogP contribution in [0.1, 0.15) is 0 Å². The molecule has 7 nitrogen and oxygen atoms in total. The predicted molar refractivity (Wildman–Crippen MR) is 73.8 cm³/mol. The fourth-order valence-electron chi connectivity index (χ4n) is 1.21. The molecule has 0 unspecified atom stereocenters. The minimum Gasteiger partial charge on any atom is -0.356 e. The second kappa shape index (κ2) is 9.46. The van der Waals surface area contributed by atoms with Crippen LogP contribution in [0.3, 0.4) is 0 Å². The van der Waals surface area contributed by atoms with Gasteiger partial charge >= 0.3 is 10.4 Å². The minimum atomic E-state index is -4.67. The van der Waals surface area contributed by atoms with Crippen LogP contribution < -0.4 is 5.32 Å². The molecule has 0 aliphatic heterocycles. The van der Waals surface area contributed by atoms with E-state index in [1.807, 2.05) is 60.7 Å². The maximum atomic E-state index is 8.74. The Balaban J connectivity index is 0.000000441. The molecule has 0 aromatic heterocycles. The Hall–Kier alpha value is -2.47. The van der Waals surface area contributed by atoms with Gasteiger partial charge < -0.3 is 5.32 Å². The first-order valence-corrected chi connectivity index (χ1v) is 6.62. The number of hydrogen-bond acceptors (Lipinski definition) is 5. The maximum Gasteiger partial charge on any atom is 0.394 e. The molecule has 0 fully saturated rings. The van der Waals surface area contributed by atoms with Crippen LogP contribution in [0.4, 0.5) is 11.4 Å². The fourth-order valence-corrected chi connectivity index (χ4v) is 1.21. The summed E-state index contributed by atoms with van der Waals surface area (Å²) >= 11 is 0. The lowest BCUT2D eigenvalue weighted by Gasteiger charge is -2.04. The number of para-hydroxylation sites is 2. The Morgan fingerprint density at radius 3 is 1.25 bits per heavy atom. The van der Waals surface area contributed by atoms with Gasteiger partial charge in [0.05, 0.1) is 0 Å². The van der Waals surface area contributed by atoms with Gasteiger partial charge in [0.2, 0.25) is 0 Å². The molecule has 20 heavy (non-hydrogen) atoms. The van der Waals surface area contributed by atoms with Gasteiger partial charge in [-0.25, -0.2) is 0 Å². The highest BCUT2D eigenvalue weighted by Crippen LogP contribution is 2.14. The summed E-state index contributed by atoms with van der Waals surface area (Å²) in [7, 11) is -4.67. The summed E-state index contributed by atoms with van der Waals surface area (Å²) in [6, 6.07) is 20.3. The first-order valence-electron chi connectivity index (χ1n) is 5.22. The van der Waals surface area contributed by atoms with Crippen molar-refractivity contribution >= 4 is 21.8 Å². The number of hydrogen-bond donors (Lipinski definition) is 3. The summed E-state index contributed by atoms with van der Waals surface area (Å²) < 4.78 is 31.6. The van der Waals surface area contributed by atoms with Gasteiger partial charge in [0.25, 0.3) is 0 Å². The van der Waals surface area contributed by atoms with Crippen molar-refractivity contribution in [1.82, 2.24) is 0 Å². The summed E-state index contributed by atoms with van der Waals surface area (Å²) in [6.45, 7) is 0. The number of nitrogens with one attached hydrogen (secondary N) is 1. The van der Waals surface area contributed by atoms with E-state index in [-0.39, 0.29) is 0 Å². The maximum absolute atomic E-state index is 8.74. The van der Waals surface area contributed by atoms with Crippen LogP contribution in [-0.2, 0) is 10.4 Å². The van der Waals surface area contributed by atoms with E-state index in [9.17, 15) is 0 Å². The molecule has 0 atom stereocenters. The van der Waals surface area contributed by atoms with Gasteiger partial charge in [-0.2, -0.15) is 8.42 Å². The molecular formula is C12H13N3O4S. The lowest BCUT2D eigenvalue weighted by Crippen LogP contribution is -1.89. The highest BCUT2D eigenvalue weighted by atomic mass is 32.3. The standard InChI is InChI=1S/C12H11N.N2.H2O4S/c1-3-7-11(8-4-1)13-12-9-5-2-6-10-12;1-2;1-5(2,3)4/h1-10,13H;;(H2,1,2,3,4). The molecule has 106 valence electrons. The average molecular weight is 295 g/mol. The van der Waals surface area contributed by atoms with Crippen LogP contribution in [0.5, 0.6) is 0 Å². The third kappa shape index (κ3) is 10.7. The topological polar surface area (TPSA) is 134 Å². The van der Waals surface area contributed by atoms with Crippen molar-refractivity contribution in [2.45, 2.75) is 0 Å². The Kier molecular flexibility index (Phi) is 8.29. The van der Waals surface area contributed by atoms with Crippen LogP contribution in [0, 0.1) is 10.8 Å². The predicted octanol–water partition coefficient (Wildman–Crippen LogP) is 2.81. The number of rotatable bonds is 2. The van der Waals surface area contributed by atoms with Crippen molar-refractivity contribution in [1.29, 1.82) is 10.8 Å². The minimum absolute atomic E-state index is 1.12. The molecule has 0 saturated carbocycles. The highest BCUT2D eigenvalue weighted by molar-refractivity contribution is 7.79. The SMILES string of the molecule is N#N.O=S(=O)(O)O.c1ccc(Nc2ccccc2)cc1. The molecule has 2 aromatic carbocycles. The Morgan fingerprint density at radius 2 is 1.00 bits per heavy atom. The monoisotopic (exact) mass is 295 g/mol. The zero-order valence-corrected chi connectivity index (χ0v) is 11.1. The lowest BCUT2D eigenvalue weighted by molar-refractivity contribution is 0.381. The van der Waals surface area contributed by atoms with Crippen LogP contribution in [0.2, 0.25) is 0 Å². The summed E-state index contributed by atoms with van der Waals surface area (Å²) in [5.74, 6) is 0. The molecule has 3 N–H and O–H groups in total. The lowest BCUT2D eigenvalue weighted by atomic mass is 10.3. The summed E-state index contributed by atoms with van der Waals surface area (Å²) in [6.07, 6.45) is 0. The number of benzene rings is 2. The quantitative estimate of drug-likeness (QED) is 0.572. The van der Waals surface area contributed by atoms with E-state index in [2.05, 4.69) is 5.32 Å². The second-order valence-corrected chi connectivity index (χ2v) is 4.20. The van der Waals surface area contributed by atoms with E-state index in [4.69, 9.17) is 28.3 Å². The fraction of sp³-hybridized carbons (Fsp3) is 0. The Morgan fingerprint density at radius 1 is 0.750 bits per heavy atom. The average Bonchev–Trinajstić information content (AvgIpc) is 2.41. The van der Waals surface area contributed by atoms with E-state index < -0.39 is 10.4 Å². The van der Waals surface area contributed by atoms with Crippen LogP contribution in [0.25, 0.3) is 0 Å². The molecule has 0 aliphatic rings. The van der Waals surface area contributed by atoms with Crippen molar-refractivity contribution in [3.63, 3.8) is 0 Å². The summed E-state index contributed by atoms with van der Waals surface area (Å²) in [5.41, 5.74) is 2.24. The first-order chi connectivity index (χ1) is 9.45. The molecule has 0 radical (unpaired) electrons. The third-order valence-corrected chi connectivity index (χ3v) is 1.84. The van der Waals surface area contributed by atoms with E-state index in [0.29, 0.717) is 0 Å². The zero-order valence-electron chi connectivity index (χ0n) is 10.3. The van der Waals surface area contributed by atoms with Gasteiger partial charge in [-0.1, -0.05) is 36.4 Å². The Labute approximate surface area is 116 Å². The zero-order chi connectivity index (χ0) is 15.4. The normalized spacial score (nSPS) is 9.20. The molecule has 0 spiro atoms. The molecule has 2 aromatic rings. The van der Waals surface area contributed by atoms with Gasteiger partial charge in [0.15, 0.2) is 0 Å². The van der Waals surface area contributed by atoms with Crippen molar-refractivity contribution < 1.29 is 17.5 Å². The summed E-state index contributed by atoms with van der Waals surface area (Å²) in [5, 5.41) is 15.3. The van der Waals surface area contributed by atoms with Crippen molar-refractivity contribution in [3.8, 4) is 0 Å². The molecular weight excluding hydrogens is 282 g/mol. The molecule has 0 saturated heterocycles. The smallest absolute Gasteiger partial charge is 0.356 e. The van der Waals surface area contributed by atoms with Crippen molar-refractivity contribution in [3.05, 3.63) is 60.7 Å². The number of nitrogens with zero attached hydrogens (tertiary/aromatic N) is 2. The van der Waals surface area contributed by atoms with Gasteiger partial charge in [0.1, 0.15) is 0 Å². The van der Waals surface area contributed by atoms with Gasteiger partial charge in [-0.3, -0.25) is 9.11 Å². The van der Waals surface area contributed by atoms with Crippen LogP contribution in [0.15, 0.2) is 60.7 Å². The van der Waals surface area contributed by atoms with Crippen molar-refractivity contribution in [2.24, 2.45) is 0 Å². The molecule has 2 rings (SSSR count). The van der Waals surface area contributed by atoms with Crippen molar-refractivity contribution in [2.75, 3.05) is 5.32 Å². The summed E-state index contributed by atoms with van der Waals surface area (Å²) in [4.78, 5) is 0. The molecule has 0 aliphatic carbocycles. The van der Waals surface area contributed by atoms with Crippen LogP contribution in [-0.4, -0.2) is 17.5 Å². The van der Waals surface area contributed by atoms with E-state index >= 15 is 0 Å². The third-order valence-electron chi connectivity index (χ3n) is 1.84. The first kappa shape index (κ1) is 17.5. The number of anilines is 2. The van der Waals surface area contributed by atoms with Gasteiger partial charge in [-0.05, 0) is 24.3 Å². The van der Waals surface area contributed by atoms with E-state index in [0.717, 1.165) is 11.4 Å². The van der Waals surface area contributed by atoms with Gasteiger partial charge in [-0.15, -0.1) is 0 Å². The second-order valence-electron chi connectivity index (χ2n) is 3.30. The molecule has 0 amide bonds. The Bertz CT molecular complexity index is 555. The molecule has 0 heterocycles. The van der Waals surface area contributed by atoms with E-state index in [1.165, 1.54) is 0 Å². The van der Waals surface area contributed by atoms with Gasteiger partial charge in [0, 0.05) is 22.2 Å². The van der Waals surface area contributed by atoms with Crippen LogP contribution >= 0.6 is 0 Å². The van der Waals surface area contributed by atoms with E-state index in [1.54, 1.807) is 0 Å². The largest absolute Gasteiger partial charge is 0.394 e. The molecule has 0 bridgehead atoms. The molecule has 8 heteroatoms.